The molecule has 1 aromatic heterocycles. The molecule has 25 heavy (non-hydrogen) atoms. The Morgan fingerprint density at radius 3 is 2.16 bits per heavy atom. The monoisotopic (exact) mass is 573 g/mol. The van der Waals surface area contributed by atoms with Gasteiger partial charge in [0.2, 0.25) is 11.3 Å². The van der Waals surface area contributed by atoms with Crippen LogP contribution in [0.2, 0.25) is 0 Å². The highest BCUT2D eigenvalue weighted by Gasteiger charge is 2.38. The van der Waals surface area contributed by atoms with Crippen molar-refractivity contribution < 1.29 is 17.6 Å². The maximum atomic E-state index is 12.2. The van der Waals surface area contributed by atoms with E-state index in [1.807, 2.05) is 32.9 Å². The predicted octanol–water partition coefficient (Wildman–Crippen LogP) is 5.59. The molecule has 0 N–H and O–H groups in total. The first kappa shape index (κ1) is 21.2. The normalized spacial score (nSPS) is 12.2. The molecule has 2 rings (SSSR count). The average molecular weight is 576 g/mol. The lowest BCUT2D eigenvalue weighted by Gasteiger charge is -2.13. The van der Waals surface area contributed by atoms with E-state index in [4.69, 9.17) is 9.22 Å². The molecular weight excluding hydrogens is 562 g/mol. The molecule has 0 atom stereocenters. The second kappa shape index (κ2) is 8.26. The van der Waals surface area contributed by atoms with Gasteiger partial charge in [-0.1, -0.05) is 17.7 Å². The molecule has 0 spiro atoms. The Hall–Kier alpha value is -0.130. The lowest BCUT2D eigenvalue weighted by atomic mass is 10.1. The second-order valence-corrected chi connectivity index (χ2v) is 16.4. The van der Waals surface area contributed by atoms with Gasteiger partial charge in [0.25, 0.3) is 0 Å². The van der Waals surface area contributed by atoms with E-state index in [1.54, 1.807) is 6.07 Å². The number of hydrogen-bond donors (Lipinski definition) is 0. The zero-order chi connectivity index (χ0) is 18.8. The summed E-state index contributed by atoms with van der Waals surface area (Å²) in [7, 11) is -3.71. The molecule has 1 aromatic carbocycles. The van der Waals surface area contributed by atoms with Gasteiger partial charge in [0.15, 0.2) is 10.8 Å². The van der Waals surface area contributed by atoms with Crippen LogP contribution in [-0.4, -0.2) is 14.9 Å². The van der Waals surface area contributed by atoms with Crippen molar-refractivity contribution in [2.24, 2.45) is 0 Å². The topological polar surface area (TPSA) is 65.5 Å². The van der Waals surface area contributed by atoms with Gasteiger partial charge in [-0.2, -0.15) is 0 Å². The SMILES string of the molecule is Cc1cc(C)c(OOSc2ccc(S(=O)(=O)C(Br)(Br)Br)nc2)c(C)c1. The van der Waals surface area contributed by atoms with Crippen LogP contribution in [0.3, 0.4) is 0 Å². The van der Waals surface area contributed by atoms with Crippen LogP contribution >= 0.6 is 59.8 Å². The zero-order valence-electron chi connectivity index (χ0n) is 13.4. The van der Waals surface area contributed by atoms with Gasteiger partial charge in [-0.15, -0.1) is 4.33 Å². The van der Waals surface area contributed by atoms with Gasteiger partial charge in [-0.25, -0.2) is 13.4 Å². The molecule has 0 aliphatic rings. The van der Waals surface area contributed by atoms with Crippen molar-refractivity contribution in [3.63, 3.8) is 0 Å². The van der Waals surface area contributed by atoms with E-state index in [0.29, 0.717) is 10.6 Å². The molecule has 0 unspecified atom stereocenters. The predicted molar refractivity (Wildman–Crippen MR) is 109 cm³/mol. The molecule has 0 aliphatic carbocycles. The summed E-state index contributed by atoms with van der Waals surface area (Å²) in [5.41, 5.74) is 3.10. The largest absolute Gasteiger partial charge is 0.324 e. The zero-order valence-corrected chi connectivity index (χ0v) is 19.8. The van der Waals surface area contributed by atoms with E-state index >= 15 is 0 Å². The van der Waals surface area contributed by atoms with Crippen molar-refractivity contribution in [2.75, 3.05) is 0 Å². The first-order valence-corrected chi connectivity index (χ1v) is 11.5. The minimum atomic E-state index is -3.71. The molecule has 5 nitrogen and oxygen atoms in total. The van der Waals surface area contributed by atoms with E-state index in [9.17, 15) is 8.42 Å². The average Bonchev–Trinajstić information content (AvgIpc) is 2.49. The van der Waals surface area contributed by atoms with Crippen molar-refractivity contribution >= 4 is 69.7 Å². The third-order valence-corrected chi connectivity index (χ3v) is 8.95. The fraction of sp³-hybridized carbons (Fsp3) is 0.267. The molecule has 0 amide bonds. The highest BCUT2D eigenvalue weighted by Crippen LogP contribution is 2.42. The Bertz CT molecular complexity index is 842. The van der Waals surface area contributed by atoms with Gasteiger partial charge < -0.3 is 4.89 Å². The Morgan fingerprint density at radius 1 is 1.08 bits per heavy atom. The van der Waals surface area contributed by atoms with Crippen LogP contribution in [0.25, 0.3) is 0 Å². The number of pyridine rings is 1. The quantitative estimate of drug-likeness (QED) is 0.200. The van der Waals surface area contributed by atoms with Crippen molar-refractivity contribution in [1.82, 2.24) is 4.98 Å². The van der Waals surface area contributed by atoms with E-state index in [1.165, 1.54) is 12.3 Å². The highest BCUT2D eigenvalue weighted by atomic mass is 80.0. The van der Waals surface area contributed by atoms with Crippen LogP contribution in [0.5, 0.6) is 5.75 Å². The summed E-state index contributed by atoms with van der Waals surface area (Å²) < 4.78 is 28.1. The fourth-order valence-corrected chi connectivity index (χ4v) is 4.65. The van der Waals surface area contributed by atoms with Gasteiger partial charge in [-0.3, -0.25) is 0 Å². The molecule has 0 radical (unpaired) electrons. The summed E-state index contributed by atoms with van der Waals surface area (Å²) in [6.07, 6.45) is 1.40. The van der Waals surface area contributed by atoms with Gasteiger partial charge in [0, 0.05) is 6.20 Å². The van der Waals surface area contributed by atoms with Crippen LogP contribution in [0.4, 0.5) is 0 Å². The van der Waals surface area contributed by atoms with Crippen molar-refractivity contribution in [2.45, 2.75) is 32.2 Å². The fourth-order valence-electron chi connectivity index (χ4n) is 2.08. The number of alkyl halides is 3. The van der Waals surface area contributed by atoms with Crippen LogP contribution in [0, 0.1) is 20.8 Å². The van der Waals surface area contributed by atoms with Crippen molar-refractivity contribution in [1.29, 1.82) is 0 Å². The number of benzene rings is 1. The smallest absolute Gasteiger partial charge is 0.240 e. The first-order chi connectivity index (χ1) is 11.5. The second-order valence-electron chi connectivity index (χ2n) is 5.24. The lowest BCUT2D eigenvalue weighted by Crippen LogP contribution is -2.18. The molecule has 0 bridgehead atoms. The summed E-state index contributed by atoms with van der Waals surface area (Å²) >= 11 is 9.94. The van der Waals surface area contributed by atoms with Crippen LogP contribution in [0.15, 0.2) is 40.4 Å². The summed E-state index contributed by atoms with van der Waals surface area (Å²) in [6, 6.07) is 6.98. The first-order valence-electron chi connectivity index (χ1n) is 6.89. The summed E-state index contributed by atoms with van der Waals surface area (Å²) in [5, 5.41) is -0.0892. The van der Waals surface area contributed by atoms with Crippen LogP contribution < -0.4 is 4.89 Å². The Balaban J connectivity index is 2.04. The maximum absolute atomic E-state index is 12.2. The Labute approximate surface area is 176 Å². The van der Waals surface area contributed by atoms with Crippen LogP contribution in [0.1, 0.15) is 16.7 Å². The van der Waals surface area contributed by atoms with Crippen LogP contribution in [-0.2, 0) is 14.2 Å². The number of aromatic nitrogens is 1. The molecular formula is C15H14Br3NO4S2. The third kappa shape index (κ3) is 5.20. The van der Waals surface area contributed by atoms with Gasteiger partial charge >= 0.3 is 0 Å². The summed E-state index contributed by atoms with van der Waals surface area (Å²) in [6.45, 7) is 5.90. The minimum Gasteiger partial charge on any atom is -0.324 e. The minimum absolute atomic E-state index is 0.0892. The molecule has 0 aliphatic heterocycles. The Morgan fingerprint density at radius 2 is 1.68 bits per heavy atom. The van der Waals surface area contributed by atoms with Crippen molar-refractivity contribution in [3.8, 4) is 5.75 Å². The molecule has 0 saturated carbocycles. The maximum Gasteiger partial charge on any atom is 0.240 e. The van der Waals surface area contributed by atoms with Gasteiger partial charge in [0.1, 0.15) is 0 Å². The van der Waals surface area contributed by atoms with Gasteiger partial charge in [0.05, 0.1) is 16.9 Å². The van der Waals surface area contributed by atoms with Crippen molar-refractivity contribution in [3.05, 3.63) is 47.2 Å². The third-order valence-electron chi connectivity index (χ3n) is 3.14. The molecule has 10 heteroatoms. The standard InChI is InChI=1S/C15H14Br3NO4S2/c1-9-6-10(2)14(11(3)7-9)22-23-24-12-4-5-13(19-8-12)25(20,21)15(16,17)18/h4-8H,1-3H3. The number of halogens is 3. The molecule has 0 saturated heterocycles. The van der Waals surface area contributed by atoms with E-state index in [2.05, 4.69) is 52.8 Å². The highest BCUT2D eigenvalue weighted by molar-refractivity contribution is 9.42. The number of nitrogens with zero attached hydrogens (tertiary/aromatic N) is 1. The number of sulfone groups is 1. The lowest BCUT2D eigenvalue weighted by molar-refractivity contribution is -0.0790. The van der Waals surface area contributed by atoms with E-state index < -0.39 is 11.3 Å². The number of hydrogen-bond acceptors (Lipinski definition) is 6. The molecule has 1 heterocycles. The van der Waals surface area contributed by atoms with Gasteiger partial charge in [-0.05, 0) is 91.8 Å². The summed E-state index contributed by atoms with van der Waals surface area (Å²) in [5.74, 6) is 0.660. The van der Waals surface area contributed by atoms with E-state index in [0.717, 1.165) is 28.7 Å². The number of aryl methyl sites for hydroxylation is 3. The molecule has 2 aromatic rings. The summed E-state index contributed by atoms with van der Waals surface area (Å²) in [4.78, 5) is 9.93. The Kier molecular flexibility index (Phi) is 7.00. The molecule has 136 valence electrons. The number of rotatable bonds is 5. The van der Waals surface area contributed by atoms with E-state index in [-0.39, 0.29) is 5.03 Å². The molecule has 0 fully saturated rings.